The van der Waals surface area contributed by atoms with Gasteiger partial charge < -0.3 is 4.53 Å². The molecule has 0 radical (unpaired) electrons. The largest absolute Gasteiger partial charge is 0.335 e. The molecule has 0 atom stereocenters. The summed E-state index contributed by atoms with van der Waals surface area (Å²) in [7, 11) is 0.667. The van der Waals surface area contributed by atoms with Gasteiger partial charge >= 0.3 is 0 Å². The maximum absolute atomic E-state index is 4.55. The molecule has 0 aromatic heterocycles. The van der Waals surface area contributed by atoms with Crippen molar-refractivity contribution >= 4 is 10.5 Å². The van der Waals surface area contributed by atoms with Gasteiger partial charge in [0.2, 0.25) is 0 Å². The molecule has 0 aliphatic rings. The molecule has 0 saturated heterocycles. The average molecular weight is 107 g/mol. The van der Waals surface area contributed by atoms with E-state index in [2.05, 4.69) is 15.0 Å². The summed E-state index contributed by atoms with van der Waals surface area (Å²) >= 11 is 0. The van der Waals surface area contributed by atoms with E-state index in [9.17, 15) is 0 Å². The Morgan fingerprint density at radius 2 is 2.50 bits per heavy atom. The van der Waals surface area contributed by atoms with E-state index in [1.54, 1.807) is 0 Å². The van der Waals surface area contributed by atoms with Crippen LogP contribution < -0.4 is 5.64 Å². The topological polar surface area (TPSA) is 30.5 Å². The minimum atomic E-state index is 0.641. The Balaban J connectivity index is 2.34. The Morgan fingerprint density at radius 3 is 2.67 bits per heavy atom. The third-order valence-electron chi connectivity index (χ3n) is 0.287. The van der Waals surface area contributed by atoms with E-state index in [0.717, 1.165) is 0 Å². The standard InChI is InChI=1S/C2H9NO2Si/c1-2-4-3-5-6/h3H,2H2,1,6H3. The zero-order valence-electron chi connectivity index (χ0n) is 4.02. The number of rotatable bonds is 3. The van der Waals surface area contributed by atoms with Crippen LogP contribution in [0.15, 0.2) is 0 Å². The van der Waals surface area contributed by atoms with Crippen LogP contribution in [-0.2, 0) is 9.36 Å². The molecule has 0 aromatic rings. The summed E-state index contributed by atoms with van der Waals surface area (Å²) in [5, 5.41) is 0. The number of hydrogen-bond acceptors (Lipinski definition) is 3. The highest BCUT2D eigenvalue weighted by molar-refractivity contribution is 5.97. The lowest BCUT2D eigenvalue weighted by Gasteiger charge is -1.95. The van der Waals surface area contributed by atoms with Crippen LogP contribution in [0.2, 0.25) is 0 Å². The molecule has 0 rings (SSSR count). The predicted molar refractivity (Wildman–Crippen MR) is 25.8 cm³/mol. The molecule has 3 nitrogen and oxygen atoms in total. The van der Waals surface area contributed by atoms with Crippen molar-refractivity contribution < 1.29 is 9.36 Å². The van der Waals surface area contributed by atoms with E-state index >= 15 is 0 Å². The van der Waals surface area contributed by atoms with Crippen LogP contribution in [-0.4, -0.2) is 17.1 Å². The van der Waals surface area contributed by atoms with Crippen LogP contribution in [0.25, 0.3) is 0 Å². The van der Waals surface area contributed by atoms with Gasteiger partial charge in [-0.25, -0.2) is 0 Å². The van der Waals surface area contributed by atoms with Gasteiger partial charge in [-0.15, -0.1) is 0 Å². The van der Waals surface area contributed by atoms with Crippen LogP contribution in [0.5, 0.6) is 0 Å². The fourth-order valence-electron chi connectivity index (χ4n) is 0.118. The van der Waals surface area contributed by atoms with Crippen LogP contribution in [0, 0.1) is 0 Å². The molecule has 0 heterocycles. The summed E-state index contributed by atoms with van der Waals surface area (Å²) in [5.41, 5.74) is 2.26. The highest BCUT2D eigenvalue weighted by Crippen LogP contribution is 1.58. The van der Waals surface area contributed by atoms with Gasteiger partial charge in [-0.1, -0.05) is 5.64 Å². The third-order valence-corrected chi connectivity index (χ3v) is 0.453. The first-order valence-corrected chi connectivity index (χ1v) is 2.63. The molecule has 38 valence electrons. The highest BCUT2D eigenvalue weighted by Gasteiger charge is 1.68. The normalized spacial score (nSPS) is 9.50. The van der Waals surface area contributed by atoms with Gasteiger partial charge in [0.05, 0.1) is 6.61 Å². The molecule has 0 unspecified atom stereocenters. The van der Waals surface area contributed by atoms with Crippen LogP contribution in [0.4, 0.5) is 0 Å². The summed E-state index contributed by atoms with van der Waals surface area (Å²) in [6.45, 7) is 2.52. The first-order valence-electron chi connectivity index (χ1n) is 1.81. The summed E-state index contributed by atoms with van der Waals surface area (Å²) < 4.78 is 4.45. The van der Waals surface area contributed by atoms with E-state index in [4.69, 9.17) is 0 Å². The maximum atomic E-state index is 4.55. The molecule has 1 N–H and O–H groups in total. The van der Waals surface area contributed by atoms with Crippen molar-refractivity contribution in [1.29, 1.82) is 0 Å². The van der Waals surface area contributed by atoms with Gasteiger partial charge in [0, 0.05) is 0 Å². The van der Waals surface area contributed by atoms with Gasteiger partial charge in [-0.3, -0.25) is 4.84 Å². The second-order valence-electron chi connectivity index (χ2n) is 0.720. The molecule has 0 aliphatic carbocycles. The SMILES string of the molecule is CCONO[SiH3]. The summed E-state index contributed by atoms with van der Waals surface area (Å²) in [6, 6.07) is 0. The fourth-order valence-corrected chi connectivity index (χ4v) is 0.236. The second-order valence-corrected chi connectivity index (χ2v) is 1.13. The van der Waals surface area contributed by atoms with E-state index in [0.29, 0.717) is 17.1 Å². The first kappa shape index (κ1) is 6.10. The average Bonchev–Trinajstić information content (AvgIpc) is 1.61. The minimum Gasteiger partial charge on any atom is -0.335 e. The lowest BCUT2D eigenvalue weighted by Crippen LogP contribution is -2.12. The Labute approximate surface area is 40.1 Å². The van der Waals surface area contributed by atoms with E-state index in [1.165, 1.54) is 0 Å². The van der Waals surface area contributed by atoms with Crippen molar-refractivity contribution in [3.8, 4) is 0 Å². The quantitative estimate of drug-likeness (QED) is 0.277. The molecule has 0 saturated carbocycles. The molecule has 0 spiro atoms. The van der Waals surface area contributed by atoms with Crippen LogP contribution in [0.1, 0.15) is 6.92 Å². The molecule has 0 aliphatic heterocycles. The van der Waals surface area contributed by atoms with Gasteiger partial charge in [0.15, 0.2) is 10.5 Å². The zero-order chi connectivity index (χ0) is 4.83. The Morgan fingerprint density at radius 1 is 1.83 bits per heavy atom. The summed E-state index contributed by atoms with van der Waals surface area (Å²) in [5.74, 6) is 0. The van der Waals surface area contributed by atoms with Crippen molar-refractivity contribution in [3.63, 3.8) is 0 Å². The smallest absolute Gasteiger partial charge is 0.178 e. The third kappa shape index (κ3) is 4.10. The highest BCUT2D eigenvalue weighted by atomic mass is 28.2. The van der Waals surface area contributed by atoms with E-state index in [1.807, 2.05) is 6.92 Å². The summed E-state index contributed by atoms with van der Waals surface area (Å²) in [4.78, 5) is 4.55. The molecular formula is C2H9NO2Si. The van der Waals surface area contributed by atoms with Crippen molar-refractivity contribution in [3.05, 3.63) is 0 Å². The Hall–Kier alpha value is 0.0969. The molecule has 0 amide bonds. The van der Waals surface area contributed by atoms with E-state index in [-0.39, 0.29) is 0 Å². The van der Waals surface area contributed by atoms with Crippen molar-refractivity contribution in [2.45, 2.75) is 6.92 Å². The van der Waals surface area contributed by atoms with Crippen molar-refractivity contribution in [2.75, 3.05) is 6.61 Å². The van der Waals surface area contributed by atoms with E-state index < -0.39 is 0 Å². The minimum absolute atomic E-state index is 0.641. The molecule has 6 heavy (non-hydrogen) atoms. The predicted octanol–water partition coefficient (Wildman–Crippen LogP) is -1.26. The molecule has 0 fully saturated rings. The fraction of sp³-hybridized carbons (Fsp3) is 1.00. The molecule has 0 aromatic carbocycles. The zero-order valence-corrected chi connectivity index (χ0v) is 6.02. The lowest BCUT2D eigenvalue weighted by atomic mass is 10.9. The number of nitrogens with one attached hydrogen (secondary N) is 1. The number of hydrogen-bond donors (Lipinski definition) is 1. The lowest BCUT2D eigenvalue weighted by molar-refractivity contribution is -0.0980. The Bertz CT molecular complexity index is 23.5. The monoisotopic (exact) mass is 107 g/mol. The maximum Gasteiger partial charge on any atom is 0.178 e. The van der Waals surface area contributed by atoms with Crippen LogP contribution >= 0.6 is 0 Å². The van der Waals surface area contributed by atoms with Gasteiger partial charge in [0.25, 0.3) is 0 Å². The molecule has 4 heteroatoms. The summed E-state index contributed by atoms with van der Waals surface area (Å²) in [6.07, 6.45) is 0. The van der Waals surface area contributed by atoms with Crippen LogP contribution in [0.3, 0.4) is 0 Å². The first-order chi connectivity index (χ1) is 2.91. The van der Waals surface area contributed by atoms with Crippen molar-refractivity contribution in [2.24, 2.45) is 0 Å². The van der Waals surface area contributed by atoms with Gasteiger partial charge in [0.1, 0.15) is 0 Å². The molecule has 0 bridgehead atoms. The molecular weight excluding hydrogens is 98.1 g/mol. The second kappa shape index (κ2) is 5.10. The van der Waals surface area contributed by atoms with Crippen molar-refractivity contribution in [1.82, 2.24) is 5.64 Å². The Kier molecular flexibility index (Phi) is 5.18. The van der Waals surface area contributed by atoms with Gasteiger partial charge in [-0.2, -0.15) is 0 Å². The van der Waals surface area contributed by atoms with Gasteiger partial charge in [-0.05, 0) is 6.92 Å².